The third kappa shape index (κ3) is 2.58. The highest BCUT2D eigenvalue weighted by atomic mass is 16.4. The molecule has 0 amide bonds. The summed E-state index contributed by atoms with van der Waals surface area (Å²) in [6.45, 7) is 3.44. The van der Waals surface area contributed by atoms with Gasteiger partial charge in [0, 0.05) is 12.8 Å². The van der Waals surface area contributed by atoms with Gasteiger partial charge in [-0.05, 0) is 19.1 Å². The molecule has 0 saturated heterocycles. The van der Waals surface area contributed by atoms with E-state index in [1.165, 1.54) is 0 Å². The van der Waals surface area contributed by atoms with E-state index in [0.29, 0.717) is 6.61 Å². The van der Waals surface area contributed by atoms with E-state index in [4.69, 9.17) is 4.65 Å². The summed E-state index contributed by atoms with van der Waals surface area (Å²) in [6, 6.07) is 8.00. The van der Waals surface area contributed by atoms with E-state index in [-0.39, 0.29) is 0 Å². The van der Waals surface area contributed by atoms with Gasteiger partial charge in [-0.2, -0.15) is 10.2 Å². The fraction of sp³-hybridized carbons (Fsp3) is 0.300. The van der Waals surface area contributed by atoms with Gasteiger partial charge >= 0.3 is 7.48 Å². The summed E-state index contributed by atoms with van der Waals surface area (Å²) in [5.41, 5.74) is 5.19. The van der Waals surface area contributed by atoms with Crippen LogP contribution in [-0.4, -0.2) is 26.8 Å². The molecule has 1 N–H and O–H groups in total. The molecule has 5 heteroatoms. The molecular formula is C10H13BN3O. The van der Waals surface area contributed by atoms with Crippen molar-refractivity contribution in [2.75, 3.05) is 18.3 Å². The Labute approximate surface area is 90.2 Å². The van der Waals surface area contributed by atoms with Gasteiger partial charge in [0.2, 0.25) is 0 Å². The van der Waals surface area contributed by atoms with E-state index in [1.54, 1.807) is 12.6 Å². The predicted molar refractivity (Wildman–Crippen MR) is 62.4 cm³/mol. The Balaban J connectivity index is 2.00. The van der Waals surface area contributed by atoms with Crippen LogP contribution in [0.1, 0.15) is 6.92 Å². The summed E-state index contributed by atoms with van der Waals surface area (Å²) in [7, 11) is 1.75. The number of anilines is 1. The number of hydrogen-bond acceptors (Lipinski definition) is 4. The van der Waals surface area contributed by atoms with Crippen molar-refractivity contribution < 1.29 is 4.65 Å². The number of nitrogens with one attached hydrogen (secondary N) is 1. The van der Waals surface area contributed by atoms with Gasteiger partial charge in [0.15, 0.2) is 0 Å². The molecule has 1 aliphatic rings. The Kier molecular flexibility index (Phi) is 3.37. The highest BCUT2D eigenvalue weighted by molar-refractivity contribution is 6.46. The maximum absolute atomic E-state index is 5.20. The van der Waals surface area contributed by atoms with Gasteiger partial charge in [0.05, 0.1) is 12.2 Å². The molecule has 1 aromatic carbocycles. The smallest absolute Gasteiger partial charge is 0.329 e. The van der Waals surface area contributed by atoms with Gasteiger partial charge in [0.25, 0.3) is 0 Å². The average molecular weight is 202 g/mol. The molecule has 0 aromatic heterocycles. The second-order valence-electron chi connectivity index (χ2n) is 3.14. The first-order valence-electron chi connectivity index (χ1n) is 5.01. The molecule has 0 aliphatic carbocycles. The molecule has 0 unspecified atom stereocenters. The number of benzene rings is 1. The second-order valence-corrected chi connectivity index (χ2v) is 3.14. The summed E-state index contributed by atoms with van der Waals surface area (Å²) in [5, 5.41) is 5.91. The molecule has 1 heterocycles. The topological polar surface area (TPSA) is 36.9 Å². The van der Waals surface area contributed by atoms with Crippen LogP contribution in [0.3, 0.4) is 0 Å². The molecule has 1 radical (unpaired) electrons. The van der Waals surface area contributed by atoms with Crippen LogP contribution in [0.5, 0.6) is 0 Å². The largest absolute Gasteiger partial charge is 0.434 e. The maximum atomic E-state index is 5.20. The fourth-order valence-corrected chi connectivity index (χ4v) is 1.32. The number of hydrazine groups is 1. The minimum Gasteiger partial charge on any atom is -0.434 e. The predicted octanol–water partition coefficient (Wildman–Crippen LogP) is 0.278. The van der Waals surface area contributed by atoms with Crippen molar-refractivity contribution in [2.45, 2.75) is 6.92 Å². The highest BCUT2D eigenvalue weighted by Crippen LogP contribution is 2.11. The van der Waals surface area contributed by atoms with Crippen molar-refractivity contribution >= 4 is 24.8 Å². The zero-order chi connectivity index (χ0) is 10.5. The lowest BCUT2D eigenvalue weighted by Crippen LogP contribution is -2.28. The second kappa shape index (κ2) is 4.95. The Morgan fingerprint density at radius 1 is 1.47 bits per heavy atom. The quantitative estimate of drug-likeness (QED) is 0.712. The van der Waals surface area contributed by atoms with Gasteiger partial charge in [-0.3, -0.25) is 0 Å². The lowest BCUT2D eigenvalue weighted by Gasteiger charge is -2.13. The monoisotopic (exact) mass is 202 g/mol. The number of hydrogen-bond donors (Lipinski definition) is 1. The summed E-state index contributed by atoms with van der Waals surface area (Å²) >= 11 is 0. The lowest BCUT2D eigenvalue weighted by molar-refractivity contribution is 0.367. The standard InChI is InChI=1S/C10H13BN3O/c1-2-15-11-9-3-5-10(6-4-9)14-12-7-8-13-14/h3-7,13H,2,8H2,1H3. The SMILES string of the molecule is CCO[B]c1ccc(N2N=CCN2)cc1. The highest BCUT2D eigenvalue weighted by Gasteiger charge is 2.07. The molecule has 2 rings (SSSR count). The fourth-order valence-electron chi connectivity index (χ4n) is 1.32. The first-order valence-corrected chi connectivity index (χ1v) is 5.01. The van der Waals surface area contributed by atoms with Gasteiger partial charge in [-0.1, -0.05) is 17.6 Å². The van der Waals surface area contributed by atoms with E-state index in [2.05, 4.69) is 10.5 Å². The van der Waals surface area contributed by atoms with Crippen molar-refractivity contribution in [2.24, 2.45) is 5.10 Å². The summed E-state index contributed by atoms with van der Waals surface area (Å²) < 4.78 is 5.20. The minimum absolute atomic E-state index is 0.694. The number of nitrogens with zero attached hydrogens (tertiary/aromatic N) is 2. The molecular weight excluding hydrogens is 189 g/mol. The molecule has 0 spiro atoms. The van der Waals surface area contributed by atoms with Crippen molar-refractivity contribution in [3.8, 4) is 0 Å². The van der Waals surface area contributed by atoms with Crippen LogP contribution in [0.25, 0.3) is 0 Å². The molecule has 4 nitrogen and oxygen atoms in total. The molecule has 1 aromatic rings. The van der Waals surface area contributed by atoms with E-state index in [9.17, 15) is 0 Å². The molecule has 15 heavy (non-hydrogen) atoms. The minimum atomic E-state index is 0.694. The number of hydrazone groups is 1. The van der Waals surface area contributed by atoms with Crippen LogP contribution < -0.4 is 16.0 Å². The third-order valence-corrected chi connectivity index (χ3v) is 2.05. The normalized spacial score (nSPS) is 14.6. The number of rotatable bonds is 4. The van der Waals surface area contributed by atoms with E-state index >= 15 is 0 Å². The van der Waals surface area contributed by atoms with Crippen molar-refractivity contribution in [1.29, 1.82) is 0 Å². The molecule has 0 saturated carbocycles. The van der Waals surface area contributed by atoms with Crippen LogP contribution in [0.4, 0.5) is 5.69 Å². The molecule has 0 atom stereocenters. The summed E-state index contributed by atoms with van der Waals surface area (Å²) in [4.78, 5) is 0. The van der Waals surface area contributed by atoms with Crippen LogP contribution in [0.2, 0.25) is 0 Å². The molecule has 1 aliphatic heterocycles. The van der Waals surface area contributed by atoms with E-state index < -0.39 is 0 Å². The Hall–Kier alpha value is -1.33. The van der Waals surface area contributed by atoms with Gasteiger partial charge < -0.3 is 4.65 Å². The zero-order valence-corrected chi connectivity index (χ0v) is 8.68. The van der Waals surface area contributed by atoms with Crippen LogP contribution >= 0.6 is 0 Å². The van der Waals surface area contributed by atoms with Crippen molar-refractivity contribution in [3.63, 3.8) is 0 Å². The molecule has 0 fully saturated rings. The van der Waals surface area contributed by atoms with Crippen molar-refractivity contribution in [3.05, 3.63) is 24.3 Å². The molecule has 0 bridgehead atoms. The third-order valence-electron chi connectivity index (χ3n) is 2.05. The Morgan fingerprint density at radius 3 is 2.87 bits per heavy atom. The average Bonchev–Trinajstić information content (AvgIpc) is 2.80. The van der Waals surface area contributed by atoms with Gasteiger partial charge in [0.1, 0.15) is 0 Å². The first kappa shape index (κ1) is 10.2. The Bertz CT molecular complexity index is 339. The van der Waals surface area contributed by atoms with E-state index in [0.717, 1.165) is 17.7 Å². The van der Waals surface area contributed by atoms with Gasteiger partial charge in [-0.25, -0.2) is 5.43 Å². The van der Waals surface area contributed by atoms with Crippen molar-refractivity contribution in [1.82, 2.24) is 5.43 Å². The summed E-state index contributed by atoms with van der Waals surface area (Å²) in [6.07, 6.45) is 1.83. The maximum Gasteiger partial charge on any atom is 0.329 e. The van der Waals surface area contributed by atoms with Gasteiger partial charge in [-0.15, -0.1) is 0 Å². The first-order chi connectivity index (χ1) is 7.40. The van der Waals surface area contributed by atoms with Crippen LogP contribution in [0, 0.1) is 0 Å². The summed E-state index contributed by atoms with van der Waals surface area (Å²) in [5.74, 6) is 0. The molecule has 77 valence electrons. The van der Waals surface area contributed by atoms with E-state index in [1.807, 2.05) is 37.4 Å². The lowest BCUT2D eigenvalue weighted by atomic mass is 9.88. The van der Waals surface area contributed by atoms with Crippen LogP contribution in [-0.2, 0) is 4.65 Å². The Morgan fingerprint density at radius 2 is 2.27 bits per heavy atom. The van der Waals surface area contributed by atoms with Crippen LogP contribution in [0.15, 0.2) is 29.4 Å². The zero-order valence-electron chi connectivity index (χ0n) is 8.68.